The predicted octanol–water partition coefficient (Wildman–Crippen LogP) is 2.15. The molecular formula is C12H16N2O2. The van der Waals surface area contributed by atoms with Crippen LogP contribution in [0.4, 0.5) is 0 Å². The first kappa shape index (κ1) is 12.5. The van der Waals surface area contributed by atoms with Crippen LogP contribution in [0.5, 0.6) is 5.88 Å². The molecule has 0 spiro atoms. The summed E-state index contributed by atoms with van der Waals surface area (Å²) in [6.07, 6.45) is 1.60. The molecule has 0 bridgehead atoms. The van der Waals surface area contributed by atoms with Gasteiger partial charge in [-0.1, -0.05) is 0 Å². The maximum atomic E-state index is 8.80. The molecule has 0 atom stereocenters. The summed E-state index contributed by atoms with van der Waals surface area (Å²) in [5, 5.41) is 8.80. The second-order valence-electron chi connectivity index (χ2n) is 4.28. The van der Waals surface area contributed by atoms with Gasteiger partial charge in [0.1, 0.15) is 18.2 Å². The van der Waals surface area contributed by atoms with E-state index in [2.05, 4.69) is 4.98 Å². The Balaban J connectivity index is 2.41. The Morgan fingerprint density at radius 2 is 2.12 bits per heavy atom. The van der Waals surface area contributed by atoms with Gasteiger partial charge in [0.2, 0.25) is 5.88 Å². The zero-order chi connectivity index (χ0) is 12.0. The summed E-state index contributed by atoms with van der Waals surface area (Å²) in [7, 11) is 0. The van der Waals surface area contributed by atoms with E-state index in [-0.39, 0.29) is 5.60 Å². The highest BCUT2D eigenvalue weighted by Crippen LogP contribution is 2.12. The van der Waals surface area contributed by atoms with E-state index in [1.165, 1.54) is 0 Å². The number of nitrogens with zero attached hydrogens (tertiary/aromatic N) is 2. The minimum absolute atomic E-state index is 0.175. The molecule has 4 heteroatoms. The van der Waals surface area contributed by atoms with Gasteiger partial charge in [-0.15, -0.1) is 0 Å². The summed E-state index contributed by atoms with van der Waals surface area (Å²) >= 11 is 0. The summed E-state index contributed by atoms with van der Waals surface area (Å²) in [5.74, 6) is 0.363. The molecule has 0 N–H and O–H groups in total. The van der Waals surface area contributed by atoms with Gasteiger partial charge in [0.05, 0.1) is 12.2 Å². The molecule has 0 amide bonds. The van der Waals surface area contributed by atoms with E-state index in [0.717, 1.165) is 0 Å². The van der Waals surface area contributed by atoms with Crippen LogP contribution in [0.2, 0.25) is 0 Å². The zero-order valence-corrected chi connectivity index (χ0v) is 9.86. The Morgan fingerprint density at radius 3 is 2.75 bits per heavy atom. The monoisotopic (exact) mass is 220 g/mol. The number of pyridine rings is 1. The van der Waals surface area contributed by atoms with Crippen molar-refractivity contribution in [1.82, 2.24) is 4.98 Å². The minimum atomic E-state index is -0.175. The Bertz CT molecular complexity index is 377. The molecule has 1 heterocycles. The molecule has 16 heavy (non-hydrogen) atoms. The third-order valence-corrected chi connectivity index (χ3v) is 1.75. The fourth-order valence-electron chi connectivity index (χ4n) is 1.08. The lowest BCUT2D eigenvalue weighted by Crippen LogP contribution is -2.22. The van der Waals surface area contributed by atoms with Crippen molar-refractivity contribution in [1.29, 1.82) is 5.26 Å². The number of nitriles is 1. The fraction of sp³-hybridized carbons (Fsp3) is 0.500. The first-order chi connectivity index (χ1) is 7.53. The number of ether oxygens (including phenoxy) is 2. The predicted molar refractivity (Wildman–Crippen MR) is 60.2 cm³/mol. The summed E-state index contributed by atoms with van der Waals surface area (Å²) in [6, 6.07) is 5.40. The quantitative estimate of drug-likeness (QED) is 0.729. The molecule has 0 saturated carbocycles. The summed E-state index contributed by atoms with van der Waals surface area (Å²) < 4.78 is 10.9. The topological polar surface area (TPSA) is 55.1 Å². The fourth-order valence-corrected chi connectivity index (χ4v) is 1.08. The Morgan fingerprint density at radius 1 is 1.38 bits per heavy atom. The van der Waals surface area contributed by atoms with Gasteiger partial charge in [0.25, 0.3) is 0 Å². The second kappa shape index (κ2) is 5.47. The number of hydrogen-bond donors (Lipinski definition) is 0. The van der Waals surface area contributed by atoms with Crippen molar-refractivity contribution in [2.75, 3.05) is 13.2 Å². The van der Waals surface area contributed by atoms with Crippen LogP contribution in [0.3, 0.4) is 0 Å². The maximum absolute atomic E-state index is 8.80. The van der Waals surface area contributed by atoms with E-state index >= 15 is 0 Å². The lowest BCUT2D eigenvalue weighted by atomic mass is 10.2. The number of hydrogen-bond acceptors (Lipinski definition) is 4. The van der Waals surface area contributed by atoms with Crippen molar-refractivity contribution in [3.8, 4) is 11.9 Å². The summed E-state index contributed by atoms with van der Waals surface area (Å²) in [6.45, 7) is 6.81. The number of rotatable bonds is 4. The van der Waals surface area contributed by atoms with Gasteiger partial charge in [0, 0.05) is 6.20 Å². The summed E-state index contributed by atoms with van der Waals surface area (Å²) in [5.41, 5.74) is 0.268. The Hall–Kier alpha value is -1.60. The van der Waals surface area contributed by atoms with Crippen molar-refractivity contribution in [3.63, 3.8) is 0 Å². The van der Waals surface area contributed by atoms with Crippen molar-refractivity contribution in [3.05, 3.63) is 23.9 Å². The largest absolute Gasteiger partial charge is 0.474 e. The maximum Gasteiger partial charge on any atom is 0.231 e. The van der Waals surface area contributed by atoms with Crippen LogP contribution in [0, 0.1) is 11.3 Å². The van der Waals surface area contributed by atoms with Crippen LogP contribution in [0.25, 0.3) is 0 Å². The van der Waals surface area contributed by atoms with Gasteiger partial charge in [-0.25, -0.2) is 4.98 Å². The van der Waals surface area contributed by atoms with Crippen LogP contribution in [-0.4, -0.2) is 23.8 Å². The second-order valence-corrected chi connectivity index (χ2v) is 4.28. The van der Waals surface area contributed by atoms with Gasteiger partial charge in [0.15, 0.2) is 0 Å². The van der Waals surface area contributed by atoms with Crippen molar-refractivity contribution >= 4 is 0 Å². The average molecular weight is 220 g/mol. The van der Waals surface area contributed by atoms with Crippen LogP contribution in [0.15, 0.2) is 18.3 Å². The smallest absolute Gasteiger partial charge is 0.231 e. The van der Waals surface area contributed by atoms with E-state index in [4.69, 9.17) is 14.7 Å². The van der Waals surface area contributed by atoms with Gasteiger partial charge in [-0.2, -0.15) is 5.26 Å². The van der Waals surface area contributed by atoms with E-state index in [9.17, 15) is 0 Å². The van der Waals surface area contributed by atoms with E-state index < -0.39 is 0 Å². The lowest BCUT2D eigenvalue weighted by Gasteiger charge is -2.19. The molecule has 1 aromatic rings. The highest BCUT2D eigenvalue weighted by molar-refractivity contribution is 5.36. The summed E-state index contributed by atoms with van der Waals surface area (Å²) in [4.78, 5) is 3.98. The van der Waals surface area contributed by atoms with Crippen molar-refractivity contribution in [2.45, 2.75) is 26.4 Å². The Kier molecular flexibility index (Phi) is 4.27. The first-order valence-electron chi connectivity index (χ1n) is 5.15. The molecular weight excluding hydrogens is 204 g/mol. The zero-order valence-electron chi connectivity index (χ0n) is 9.86. The van der Waals surface area contributed by atoms with Gasteiger partial charge in [-0.3, -0.25) is 0 Å². The first-order valence-corrected chi connectivity index (χ1v) is 5.15. The van der Waals surface area contributed by atoms with E-state index in [1.807, 2.05) is 26.8 Å². The third kappa shape index (κ3) is 4.28. The van der Waals surface area contributed by atoms with Crippen LogP contribution < -0.4 is 4.74 Å². The molecule has 0 fully saturated rings. The molecule has 86 valence electrons. The Labute approximate surface area is 95.8 Å². The highest BCUT2D eigenvalue weighted by Gasteiger charge is 2.10. The third-order valence-electron chi connectivity index (χ3n) is 1.75. The molecule has 0 aromatic carbocycles. The molecule has 0 unspecified atom stereocenters. The molecule has 0 aliphatic heterocycles. The molecule has 0 aliphatic rings. The van der Waals surface area contributed by atoms with E-state index in [0.29, 0.717) is 24.7 Å². The lowest BCUT2D eigenvalue weighted by molar-refractivity contribution is -0.0168. The normalized spacial score (nSPS) is 10.9. The van der Waals surface area contributed by atoms with E-state index in [1.54, 1.807) is 18.3 Å². The van der Waals surface area contributed by atoms with Gasteiger partial charge < -0.3 is 9.47 Å². The SMILES string of the molecule is CC(C)(C)OCCOc1ncccc1C#N. The van der Waals surface area contributed by atoms with Crippen LogP contribution in [0.1, 0.15) is 26.3 Å². The van der Waals surface area contributed by atoms with Crippen LogP contribution in [-0.2, 0) is 4.74 Å². The van der Waals surface area contributed by atoms with Crippen molar-refractivity contribution < 1.29 is 9.47 Å². The molecule has 4 nitrogen and oxygen atoms in total. The molecule has 1 rings (SSSR count). The number of aromatic nitrogens is 1. The van der Waals surface area contributed by atoms with Gasteiger partial charge >= 0.3 is 0 Å². The average Bonchev–Trinajstić information content (AvgIpc) is 2.23. The van der Waals surface area contributed by atoms with Crippen LogP contribution >= 0.6 is 0 Å². The standard InChI is InChI=1S/C12H16N2O2/c1-12(2,3)16-8-7-15-11-10(9-13)5-4-6-14-11/h4-6H,7-8H2,1-3H3. The minimum Gasteiger partial charge on any atom is -0.474 e. The molecule has 1 aromatic heterocycles. The molecule has 0 aliphatic carbocycles. The van der Waals surface area contributed by atoms with Gasteiger partial charge in [-0.05, 0) is 32.9 Å². The molecule has 0 radical (unpaired) electrons. The highest BCUT2D eigenvalue weighted by atomic mass is 16.5. The molecule has 0 saturated heterocycles. The van der Waals surface area contributed by atoms with Crippen molar-refractivity contribution in [2.24, 2.45) is 0 Å².